The molecule has 0 spiro atoms. The molecule has 8 bridgehead atoms. The van der Waals surface area contributed by atoms with E-state index < -0.39 is 23.9 Å². The number of carboxylic acids is 4. The predicted molar refractivity (Wildman–Crippen MR) is 226 cm³/mol. The van der Waals surface area contributed by atoms with E-state index in [9.17, 15) is 39.6 Å². The number of carbonyl (C=O) groups is 4. The Kier molecular flexibility index (Phi) is 10.4. The number of benzene rings is 4. The Labute approximate surface area is 356 Å². The van der Waals surface area contributed by atoms with Gasteiger partial charge in [-0.05, 0) is 93.1 Å². The maximum Gasteiger partial charge on any atom is 5.00 e. The molecule has 293 valence electrons. The molecule has 2 aliphatic heterocycles. The van der Waals surface area contributed by atoms with Crippen LogP contribution < -0.4 is 9.97 Å². The van der Waals surface area contributed by atoms with Crippen molar-refractivity contribution in [3.8, 4) is 44.5 Å². The quantitative estimate of drug-likeness (QED) is 0.106. The van der Waals surface area contributed by atoms with Crippen molar-refractivity contribution in [2.75, 3.05) is 0 Å². The molecule has 0 amide bonds. The third-order valence-electron chi connectivity index (χ3n) is 10.3. The Bertz CT molecular complexity index is 2830. The molecule has 3 aromatic heterocycles. The van der Waals surface area contributed by atoms with Crippen molar-refractivity contribution in [3.05, 3.63) is 166 Å². The third-order valence-corrected chi connectivity index (χ3v) is 10.3. The average Bonchev–Trinajstić information content (AvgIpc) is 4.09. The molecule has 0 atom stereocenters. The first-order valence-corrected chi connectivity index (χ1v) is 18.5. The van der Waals surface area contributed by atoms with Gasteiger partial charge in [-0.1, -0.05) is 97.1 Å². The summed E-state index contributed by atoms with van der Waals surface area (Å²) in [5.41, 5.74) is 5.06. The summed E-state index contributed by atoms with van der Waals surface area (Å²) in [6.45, 7) is 0. The maximum absolute atomic E-state index is 12.7. The van der Waals surface area contributed by atoms with Gasteiger partial charge < -0.3 is 30.4 Å². The fraction of sp³-hybridized carbons (Fsp3) is 0. The van der Waals surface area contributed by atoms with Crippen molar-refractivity contribution < 1.29 is 56.7 Å². The van der Waals surface area contributed by atoms with Crippen LogP contribution in [0.5, 0.6) is 0 Å². The van der Waals surface area contributed by atoms with Crippen molar-refractivity contribution >= 4 is 70.2 Å². The van der Waals surface area contributed by atoms with Crippen LogP contribution in [0.2, 0.25) is 0 Å². The number of hydrogen-bond donors (Lipinski definition) is 4. The first kappa shape index (κ1) is 39.7. The Hall–Kier alpha value is -8.12. The summed E-state index contributed by atoms with van der Waals surface area (Å²) in [6.07, 6.45) is 6.77. The second kappa shape index (κ2) is 15.9. The van der Waals surface area contributed by atoms with Gasteiger partial charge in [0.25, 0.3) is 0 Å². The molecule has 1 radical (unpaired) electrons. The van der Waals surface area contributed by atoms with Crippen molar-refractivity contribution in [2.24, 2.45) is 0 Å². The van der Waals surface area contributed by atoms with E-state index in [0.717, 1.165) is 0 Å². The summed E-state index contributed by atoms with van der Waals surface area (Å²) >= 11 is 0. The largest absolute Gasteiger partial charge is 5.00 e. The van der Waals surface area contributed by atoms with Crippen LogP contribution in [0, 0.1) is 0 Å². The van der Waals surface area contributed by atoms with Gasteiger partial charge in [0.2, 0.25) is 0 Å². The predicted octanol–water partition coefficient (Wildman–Crippen LogP) is 9.37. The number of nitrogens with zero attached hydrogens (tertiary/aromatic N) is 4. The second-order valence-corrected chi connectivity index (χ2v) is 13.8. The fourth-order valence-corrected chi connectivity index (χ4v) is 7.74. The van der Waals surface area contributed by atoms with Crippen molar-refractivity contribution in [1.82, 2.24) is 19.9 Å². The van der Waals surface area contributed by atoms with E-state index in [4.69, 9.17) is 19.9 Å². The minimum atomic E-state index is -1.19. The van der Waals surface area contributed by atoms with Crippen LogP contribution in [0.4, 0.5) is 0 Å². The monoisotopic (exact) mass is 844 g/mol. The normalized spacial score (nSPS) is 11.5. The molecule has 5 heterocycles. The number of carboxylic acid groups (broad SMARTS) is 4. The van der Waals surface area contributed by atoms with Gasteiger partial charge in [-0.3, -0.25) is 0 Å². The molecule has 61 heavy (non-hydrogen) atoms. The zero-order chi connectivity index (χ0) is 41.7. The van der Waals surface area contributed by atoms with Crippen LogP contribution in [0.1, 0.15) is 64.2 Å². The summed E-state index contributed by atoms with van der Waals surface area (Å²) in [7, 11) is 0. The smallest absolute Gasteiger partial charge is 0.657 e. The molecular formula is C48H28FeN4O8+3. The van der Waals surface area contributed by atoms with Gasteiger partial charge in [-0.2, -0.15) is 0 Å². The summed E-state index contributed by atoms with van der Waals surface area (Å²) < 4.78 is 0. The van der Waals surface area contributed by atoms with Gasteiger partial charge in [-0.15, -0.1) is 22.1 Å². The molecule has 4 N–H and O–H groups in total. The summed E-state index contributed by atoms with van der Waals surface area (Å²) in [5.74, 6) is -4.75. The van der Waals surface area contributed by atoms with Crippen LogP contribution in [0.3, 0.4) is 0 Å². The minimum absolute atomic E-state index is 0. The molecule has 7 aromatic rings. The van der Waals surface area contributed by atoms with E-state index in [-0.39, 0.29) is 39.3 Å². The SMILES string of the molecule is O=C(O)c1ccccc1-c1c2nc(c(-c3ccccc3C(=O)O)c3ccc([n-]3)c(-c3ccccc3C(=O)O)c3nc(c(-c4ccccc4C(=O)O)c4ccc1[n-]4)C=C3)C=C2.[Fe+5]. The third kappa shape index (κ3) is 6.99. The van der Waals surface area contributed by atoms with Gasteiger partial charge in [0.1, 0.15) is 0 Å². The van der Waals surface area contributed by atoms with Gasteiger partial charge >= 0.3 is 40.9 Å². The number of aromatic nitrogens is 4. The van der Waals surface area contributed by atoms with Crippen molar-refractivity contribution in [3.63, 3.8) is 0 Å². The average molecular weight is 845 g/mol. The summed E-state index contributed by atoms with van der Waals surface area (Å²) in [6, 6.07) is 32.5. The van der Waals surface area contributed by atoms with E-state index in [1.165, 1.54) is 24.3 Å². The van der Waals surface area contributed by atoms with Gasteiger partial charge in [0, 0.05) is 0 Å². The molecule has 0 saturated heterocycles. The maximum atomic E-state index is 12.7. The molecule has 4 aromatic carbocycles. The molecule has 0 fully saturated rings. The molecule has 12 nitrogen and oxygen atoms in total. The molecule has 9 rings (SSSR count). The first-order valence-electron chi connectivity index (χ1n) is 18.5. The Morgan fingerprint density at radius 1 is 0.344 bits per heavy atom. The van der Waals surface area contributed by atoms with Gasteiger partial charge in [0.15, 0.2) is 0 Å². The van der Waals surface area contributed by atoms with Crippen LogP contribution in [-0.4, -0.2) is 54.3 Å². The zero-order valence-electron chi connectivity index (χ0n) is 31.4. The minimum Gasteiger partial charge on any atom is -0.657 e. The standard InChI is InChI=1S/C48H30N4O8.Fe/c53-45(54)29-13-5-1-9-25(29)41-33-17-19-35(49-33)42(26-10-2-6-14-30(26)46(55)56)37-21-23-39(51-37)44(28-12-4-8-16-32(28)48(59)60)40-24-22-38(52-40)43(36-20-18-34(41)50-36)27-11-3-7-15-31(27)47(57)58;/h1-24H,(H6,49,50,51,52,53,54,55,56,57,58,59,60);/q;+5/p-2. The molecule has 0 unspecified atom stereocenters. The summed E-state index contributed by atoms with van der Waals surface area (Å²) in [4.78, 5) is 71.0. The number of rotatable bonds is 8. The summed E-state index contributed by atoms with van der Waals surface area (Å²) in [5, 5.41) is 41.5. The van der Waals surface area contributed by atoms with Gasteiger partial charge in [-0.25, -0.2) is 29.1 Å². The Balaban J connectivity index is 0.00000514. The number of fused-ring (bicyclic) bond motifs is 8. The number of aromatic carboxylic acids is 4. The first-order chi connectivity index (χ1) is 29.1. The molecule has 0 aliphatic carbocycles. The van der Waals surface area contributed by atoms with Crippen molar-refractivity contribution in [2.45, 2.75) is 0 Å². The number of hydrogen-bond acceptors (Lipinski definition) is 6. The Morgan fingerprint density at radius 2 is 0.557 bits per heavy atom. The Morgan fingerprint density at radius 3 is 0.770 bits per heavy atom. The van der Waals surface area contributed by atoms with E-state index in [1.54, 1.807) is 121 Å². The fourth-order valence-electron chi connectivity index (χ4n) is 7.74. The van der Waals surface area contributed by atoms with Gasteiger partial charge in [0.05, 0.1) is 45.0 Å². The van der Waals surface area contributed by atoms with Crippen LogP contribution >= 0.6 is 0 Å². The topological polar surface area (TPSA) is 203 Å². The van der Waals surface area contributed by atoms with Crippen LogP contribution in [-0.2, 0) is 17.1 Å². The van der Waals surface area contributed by atoms with Crippen molar-refractivity contribution in [1.29, 1.82) is 0 Å². The second-order valence-electron chi connectivity index (χ2n) is 13.8. The molecule has 2 aliphatic rings. The molecule has 0 saturated carbocycles. The van der Waals surface area contributed by atoms with Crippen LogP contribution in [0.15, 0.2) is 121 Å². The van der Waals surface area contributed by atoms with E-state index >= 15 is 0 Å². The van der Waals surface area contributed by atoms with E-state index in [2.05, 4.69) is 0 Å². The van der Waals surface area contributed by atoms with E-state index in [0.29, 0.717) is 89.4 Å². The zero-order valence-corrected chi connectivity index (χ0v) is 32.5. The van der Waals surface area contributed by atoms with Crippen LogP contribution in [0.25, 0.3) is 90.9 Å². The molecular weight excluding hydrogens is 816 g/mol. The molecule has 13 heteroatoms. The van der Waals surface area contributed by atoms with E-state index in [1.807, 2.05) is 0 Å².